The molecule has 1 aliphatic rings. The number of hydrogen-bond donors (Lipinski definition) is 0. The first-order valence-electron chi connectivity index (χ1n) is 6.17. The molecule has 0 saturated carbocycles. The summed E-state index contributed by atoms with van der Waals surface area (Å²) in [6.45, 7) is 0.994. The fraction of sp³-hybridized carbons (Fsp3) is 0.500. The molecule has 1 aliphatic heterocycles. The van der Waals surface area contributed by atoms with Crippen LogP contribution in [-0.4, -0.2) is 59.9 Å². The first-order chi connectivity index (χ1) is 10.0. The molecule has 0 radical (unpaired) electrons. The maximum atomic E-state index is 12.4. The third-order valence-corrected chi connectivity index (χ3v) is 3.46. The maximum absolute atomic E-state index is 12.4. The highest BCUT2D eigenvalue weighted by atomic mass is 35.5. The second-order valence-corrected chi connectivity index (χ2v) is 5.14. The molecule has 1 fully saturated rings. The van der Waals surface area contributed by atoms with Crippen molar-refractivity contribution >= 4 is 35.1 Å². The fourth-order valence-electron chi connectivity index (χ4n) is 1.97. The van der Waals surface area contributed by atoms with Crippen molar-refractivity contribution in [2.45, 2.75) is 12.5 Å². The van der Waals surface area contributed by atoms with Crippen molar-refractivity contribution in [3.63, 3.8) is 0 Å². The summed E-state index contributed by atoms with van der Waals surface area (Å²) in [4.78, 5) is 25.2. The lowest BCUT2D eigenvalue weighted by Crippen LogP contribution is -2.46. The number of ether oxygens (including phenoxy) is 2. The van der Waals surface area contributed by atoms with Crippen LogP contribution in [0.3, 0.4) is 0 Å². The molecule has 1 aromatic heterocycles. The average Bonchev–Trinajstić information content (AvgIpc) is 2.49. The minimum absolute atomic E-state index is 0.0135. The topological polar surface area (TPSA) is 81.6 Å². The highest BCUT2D eigenvalue weighted by molar-refractivity contribution is 6.34. The van der Waals surface area contributed by atoms with Crippen molar-refractivity contribution in [1.29, 1.82) is 0 Å². The predicted octanol–water partition coefficient (Wildman–Crippen LogP) is 1.19. The Kier molecular flexibility index (Phi) is 5.33. The van der Waals surface area contributed by atoms with Gasteiger partial charge in [0.1, 0.15) is 0 Å². The van der Waals surface area contributed by atoms with Crippen LogP contribution in [0.4, 0.5) is 0 Å². The molecular weight excluding hydrogens is 321 g/mol. The Labute approximate surface area is 131 Å². The Morgan fingerprint density at radius 3 is 2.95 bits per heavy atom. The Morgan fingerprint density at radius 1 is 1.48 bits per heavy atom. The Hall–Kier alpha value is -1.44. The Morgan fingerprint density at radius 2 is 2.24 bits per heavy atom. The number of carbonyl (C=O) groups excluding carboxylic acids is 2. The molecule has 0 aromatic carbocycles. The third-order valence-electron chi connectivity index (χ3n) is 3.00. The number of rotatable bonds is 3. The fourth-order valence-corrected chi connectivity index (χ4v) is 2.29. The molecule has 1 atom stereocenters. The molecule has 0 aliphatic carbocycles. The molecule has 7 nitrogen and oxygen atoms in total. The predicted molar refractivity (Wildman–Crippen MR) is 74.3 cm³/mol. The monoisotopic (exact) mass is 333 g/mol. The van der Waals surface area contributed by atoms with E-state index >= 15 is 0 Å². The van der Waals surface area contributed by atoms with E-state index in [1.165, 1.54) is 18.1 Å². The zero-order valence-corrected chi connectivity index (χ0v) is 12.7. The molecule has 0 bridgehead atoms. The van der Waals surface area contributed by atoms with Crippen LogP contribution in [0.5, 0.6) is 0 Å². The number of morpholine rings is 1. The molecule has 21 heavy (non-hydrogen) atoms. The second-order valence-electron chi connectivity index (χ2n) is 4.40. The van der Waals surface area contributed by atoms with E-state index in [9.17, 15) is 9.59 Å². The van der Waals surface area contributed by atoms with Gasteiger partial charge in [-0.1, -0.05) is 23.2 Å². The van der Waals surface area contributed by atoms with E-state index in [1.807, 2.05) is 0 Å². The highest BCUT2D eigenvalue weighted by Gasteiger charge is 2.28. The molecule has 2 rings (SSSR count). The van der Waals surface area contributed by atoms with Crippen LogP contribution in [0.2, 0.25) is 10.3 Å². The minimum atomic E-state index is -0.404. The van der Waals surface area contributed by atoms with Gasteiger partial charge in [0.05, 0.1) is 31.8 Å². The van der Waals surface area contributed by atoms with E-state index in [1.54, 1.807) is 0 Å². The number of nitrogens with zero attached hydrogens (tertiary/aromatic N) is 3. The van der Waals surface area contributed by atoms with Gasteiger partial charge in [-0.2, -0.15) is 0 Å². The molecule has 1 unspecified atom stereocenters. The summed E-state index contributed by atoms with van der Waals surface area (Å²) in [5.41, 5.74) is 0.176. The van der Waals surface area contributed by atoms with Crippen LogP contribution in [0.25, 0.3) is 0 Å². The summed E-state index contributed by atoms with van der Waals surface area (Å²) in [5, 5.41) is 7.24. The number of methoxy groups -OCH3 is 1. The number of esters is 1. The summed E-state index contributed by atoms with van der Waals surface area (Å²) < 4.78 is 10.0. The Bertz CT molecular complexity index is 555. The molecule has 2 heterocycles. The summed E-state index contributed by atoms with van der Waals surface area (Å²) in [6.07, 6.45) is -0.317. The molecule has 1 amide bonds. The first kappa shape index (κ1) is 15.9. The van der Waals surface area contributed by atoms with Crippen LogP contribution in [0.15, 0.2) is 6.07 Å². The molecular formula is C12H13Cl2N3O4. The van der Waals surface area contributed by atoms with Gasteiger partial charge in [0.15, 0.2) is 10.3 Å². The van der Waals surface area contributed by atoms with E-state index in [0.29, 0.717) is 13.2 Å². The third kappa shape index (κ3) is 4.03. The lowest BCUT2D eigenvalue weighted by molar-refractivity contribution is -0.145. The number of amides is 1. The second kappa shape index (κ2) is 7.02. The van der Waals surface area contributed by atoms with Gasteiger partial charge in [-0.15, -0.1) is 10.2 Å². The normalized spacial score (nSPS) is 18.4. The molecule has 0 spiro atoms. The largest absolute Gasteiger partial charge is 0.469 e. The van der Waals surface area contributed by atoms with Crippen molar-refractivity contribution < 1.29 is 19.1 Å². The van der Waals surface area contributed by atoms with Gasteiger partial charge in [0.25, 0.3) is 5.91 Å². The standard InChI is InChI=1S/C12H13Cl2N3O4/c1-20-10(18)4-7-6-17(2-3-21-7)12(19)8-5-9(13)15-16-11(8)14/h5,7H,2-4,6H2,1H3. The lowest BCUT2D eigenvalue weighted by atomic mass is 10.2. The van der Waals surface area contributed by atoms with Crippen LogP contribution < -0.4 is 0 Å². The number of aromatic nitrogens is 2. The van der Waals surface area contributed by atoms with Crippen LogP contribution >= 0.6 is 23.2 Å². The molecule has 1 aromatic rings. The van der Waals surface area contributed by atoms with E-state index < -0.39 is 6.10 Å². The quantitative estimate of drug-likeness (QED) is 0.773. The van der Waals surface area contributed by atoms with Gasteiger partial charge in [0.2, 0.25) is 0 Å². The summed E-state index contributed by atoms with van der Waals surface area (Å²) >= 11 is 11.6. The Balaban J connectivity index is 2.08. The van der Waals surface area contributed by atoms with Gasteiger partial charge in [0, 0.05) is 13.1 Å². The van der Waals surface area contributed by atoms with Gasteiger partial charge in [-0.05, 0) is 6.07 Å². The van der Waals surface area contributed by atoms with Crippen molar-refractivity contribution in [3.8, 4) is 0 Å². The molecule has 114 valence electrons. The van der Waals surface area contributed by atoms with Crippen LogP contribution in [0.1, 0.15) is 16.8 Å². The van der Waals surface area contributed by atoms with E-state index in [2.05, 4.69) is 14.9 Å². The first-order valence-corrected chi connectivity index (χ1v) is 6.93. The van der Waals surface area contributed by atoms with Crippen molar-refractivity contribution in [2.75, 3.05) is 26.8 Å². The van der Waals surface area contributed by atoms with E-state index in [4.69, 9.17) is 27.9 Å². The minimum Gasteiger partial charge on any atom is -0.469 e. The maximum Gasteiger partial charge on any atom is 0.308 e. The van der Waals surface area contributed by atoms with Crippen molar-refractivity contribution in [3.05, 3.63) is 21.9 Å². The van der Waals surface area contributed by atoms with Gasteiger partial charge >= 0.3 is 5.97 Å². The summed E-state index contributed by atoms with van der Waals surface area (Å²) in [7, 11) is 1.30. The molecule has 9 heteroatoms. The summed E-state index contributed by atoms with van der Waals surface area (Å²) in [5.74, 6) is -0.712. The van der Waals surface area contributed by atoms with Gasteiger partial charge < -0.3 is 14.4 Å². The van der Waals surface area contributed by atoms with Crippen LogP contribution in [-0.2, 0) is 14.3 Å². The van der Waals surface area contributed by atoms with E-state index in [-0.39, 0.29) is 40.7 Å². The average molecular weight is 334 g/mol. The number of hydrogen-bond acceptors (Lipinski definition) is 6. The van der Waals surface area contributed by atoms with E-state index in [0.717, 1.165) is 0 Å². The van der Waals surface area contributed by atoms with Crippen LogP contribution in [0, 0.1) is 0 Å². The van der Waals surface area contributed by atoms with Gasteiger partial charge in [-0.3, -0.25) is 9.59 Å². The lowest BCUT2D eigenvalue weighted by Gasteiger charge is -2.32. The number of halogens is 2. The summed E-state index contributed by atoms with van der Waals surface area (Å²) in [6, 6.07) is 1.37. The highest BCUT2D eigenvalue weighted by Crippen LogP contribution is 2.19. The number of carbonyl (C=O) groups is 2. The van der Waals surface area contributed by atoms with Crippen molar-refractivity contribution in [2.24, 2.45) is 0 Å². The SMILES string of the molecule is COC(=O)CC1CN(C(=O)c2cc(Cl)nnc2Cl)CCO1. The zero-order valence-electron chi connectivity index (χ0n) is 11.2. The smallest absolute Gasteiger partial charge is 0.308 e. The molecule has 1 saturated heterocycles. The zero-order chi connectivity index (χ0) is 15.4. The van der Waals surface area contributed by atoms with Gasteiger partial charge in [-0.25, -0.2) is 0 Å². The molecule has 0 N–H and O–H groups in total. The van der Waals surface area contributed by atoms with Crippen molar-refractivity contribution in [1.82, 2.24) is 15.1 Å².